The van der Waals surface area contributed by atoms with E-state index in [1.165, 1.54) is 12.1 Å². The molecule has 0 saturated heterocycles. The highest BCUT2D eigenvalue weighted by atomic mass is 16.6. The van der Waals surface area contributed by atoms with Crippen molar-refractivity contribution in [2.75, 3.05) is 5.43 Å². The summed E-state index contributed by atoms with van der Waals surface area (Å²) in [5.74, 6) is 0. The Labute approximate surface area is 125 Å². The highest BCUT2D eigenvalue weighted by Crippen LogP contribution is 2.15. The maximum atomic E-state index is 10.6. The van der Waals surface area contributed by atoms with Crippen LogP contribution in [0.25, 0.3) is 11.0 Å². The molecule has 7 heteroatoms. The van der Waals surface area contributed by atoms with Crippen molar-refractivity contribution in [3.63, 3.8) is 0 Å². The molecule has 0 bridgehead atoms. The number of hydrogen-bond acceptors (Lipinski definition) is 6. The second-order valence-corrected chi connectivity index (χ2v) is 4.48. The van der Waals surface area contributed by atoms with Gasteiger partial charge in [-0.15, -0.1) is 0 Å². The van der Waals surface area contributed by atoms with Crippen molar-refractivity contribution in [3.05, 3.63) is 70.5 Å². The lowest BCUT2D eigenvalue weighted by Gasteiger charge is -2.00. The normalized spacial score (nSPS) is 10.9. The fourth-order valence-corrected chi connectivity index (χ4v) is 1.90. The van der Waals surface area contributed by atoms with Gasteiger partial charge in [0.15, 0.2) is 0 Å². The second kappa shape index (κ2) is 5.96. The maximum Gasteiger partial charge on any atom is 0.269 e. The molecule has 0 aliphatic rings. The average Bonchev–Trinajstić information content (AvgIpc) is 2.55. The van der Waals surface area contributed by atoms with Crippen molar-refractivity contribution >= 4 is 28.6 Å². The fourth-order valence-electron chi connectivity index (χ4n) is 1.90. The molecule has 1 N–H and O–H groups in total. The number of hydrogen-bond donors (Lipinski definition) is 1. The van der Waals surface area contributed by atoms with Crippen LogP contribution in [0.15, 0.2) is 60.0 Å². The molecule has 0 amide bonds. The fraction of sp³-hybridized carbons (Fsp3) is 0. The van der Waals surface area contributed by atoms with E-state index in [0.29, 0.717) is 5.69 Å². The summed E-state index contributed by atoms with van der Waals surface area (Å²) in [5, 5.41) is 14.7. The molecule has 7 nitrogen and oxygen atoms in total. The van der Waals surface area contributed by atoms with Crippen LogP contribution in [0.3, 0.4) is 0 Å². The molecule has 0 atom stereocenters. The molecule has 1 heterocycles. The zero-order valence-electron chi connectivity index (χ0n) is 11.4. The highest BCUT2D eigenvalue weighted by molar-refractivity contribution is 5.86. The van der Waals surface area contributed by atoms with Crippen LogP contribution >= 0.6 is 0 Å². The second-order valence-electron chi connectivity index (χ2n) is 4.48. The molecule has 1 aromatic heterocycles. The van der Waals surface area contributed by atoms with Crippen LogP contribution < -0.4 is 5.43 Å². The van der Waals surface area contributed by atoms with E-state index >= 15 is 0 Å². The third-order valence-corrected chi connectivity index (χ3v) is 2.98. The van der Waals surface area contributed by atoms with Crippen molar-refractivity contribution in [1.29, 1.82) is 0 Å². The van der Waals surface area contributed by atoms with Gasteiger partial charge in [-0.25, -0.2) is 0 Å². The molecule has 0 unspecified atom stereocenters. The van der Waals surface area contributed by atoms with Crippen molar-refractivity contribution in [2.24, 2.45) is 5.10 Å². The monoisotopic (exact) mass is 293 g/mol. The summed E-state index contributed by atoms with van der Waals surface area (Å²) in [7, 11) is 0. The van der Waals surface area contributed by atoms with E-state index in [2.05, 4.69) is 20.5 Å². The molecule has 2 aromatic carbocycles. The molecular formula is C15H11N5O2. The first-order valence-corrected chi connectivity index (χ1v) is 6.47. The molecule has 3 aromatic rings. The first-order valence-electron chi connectivity index (χ1n) is 6.47. The van der Waals surface area contributed by atoms with E-state index in [1.807, 2.05) is 18.2 Å². The molecule has 3 rings (SSSR count). The van der Waals surface area contributed by atoms with E-state index in [1.54, 1.807) is 30.7 Å². The van der Waals surface area contributed by atoms with Crippen molar-refractivity contribution in [2.45, 2.75) is 0 Å². The zero-order chi connectivity index (χ0) is 15.4. The first-order chi connectivity index (χ1) is 10.7. The SMILES string of the molecule is O=[N+]([O-])c1ccc(N/N=C/c2ccc3nccnc3c2)cc1. The lowest BCUT2D eigenvalue weighted by Crippen LogP contribution is -1.92. The predicted molar refractivity (Wildman–Crippen MR) is 83.9 cm³/mol. The molecule has 0 aliphatic heterocycles. The summed E-state index contributed by atoms with van der Waals surface area (Å²) in [6.45, 7) is 0. The summed E-state index contributed by atoms with van der Waals surface area (Å²) >= 11 is 0. The van der Waals surface area contributed by atoms with Gasteiger partial charge in [-0.05, 0) is 29.8 Å². The van der Waals surface area contributed by atoms with E-state index < -0.39 is 4.92 Å². The van der Waals surface area contributed by atoms with E-state index in [4.69, 9.17) is 0 Å². The Morgan fingerprint density at radius 2 is 1.77 bits per heavy atom. The Morgan fingerprint density at radius 3 is 2.50 bits per heavy atom. The van der Waals surface area contributed by atoms with Crippen molar-refractivity contribution < 1.29 is 4.92 Å². The Kier molecular flexibility index (Phi) is 3.69. The standard InChI is InChI=1S/C15H11N5O2/c21-20(22)13-4-2-12(3-5-13)19-18-10-11-1-6-14-15(9-11)17-8-7-16-14/h1-10,19H/b18-10+. The first kappa shape index (κ1) is 13.6. The van der Waals surface area contributed by atoms with Gasteiger partial charge in [0.2, 0.25) is 0 Å². The number of nitro benzene ring substituents is 1. The Hall–Kier alpha value is -3.35. The minimum atomic E-state index is -0.441. The van der Waals surface area contributed by atoms with Gasteiger partial charge in [0.25, 0.3) is 5.69 Å². The molecule has 0 aliphatic carbocycles. The average molecular weight is 293 g/mol. The smallest absolute Gasteiger partial charge is 0.269 e. The molecule has 0 spiro atoms. The Morgan fingerprint density at radius 1 is 1.05 bits per heavy atom. The van der Waals surface area contributed by atoms with Gasteiger partial charge in [-0.3, -0.25) is 25.5 Å². The number of fused-ring (bicyclic) bond motifs is 1. The minimum Gasteiger partial charge on any atom is -0.278 e. The summed E-state index contributed by atoms with van der Waals surface area (Å²) in [6, 6.07) is 11.7. The van der Waals surface area contributed by atoms with Crippen LogP contribution in [0.4, 0.5) is 11.4 Å². The number of hydrazone groups is 1. The van der Waals surface area contributed by atoms with Crippen LogP contribution in [0, 0.1) is 10.1 Å². The third-order valence-electron chi connectivity index (χ3n) is 2.98. The van der Waals surface area contributed by atoms with Crippen molar-refractivity contribution in [3.8, 4) is 0 Å². The number of aromatic nitrogens is 2. The summed E-state index contributed by atoms with van der Waals surface area (Å²) in [4.78, 5) is 18.5. The summed E-state index contributed by atoms with van der Waals surface area (Å²) in [5.41, 5.74) is 6.02. The third kappa shape index (κ3) is 3.04. The van der Waals surface area contributed by atoms with Gasteiger partial charge < -0.3 is 0 Å². The van der Waals surface area contributed by atoms with Gasteiger partial charge >= 0.3 is 0 Å². The molecule has 0 radical (unpaired) electrons. The lowest BCUT2D eigenvalue weighted by atomic mass is 10.2. The number of benzene rings is 2. The molecule has 108 valence electrons. The zero-order valence-corrected chi connectivity index (χ0v) is 11.4. The quantitative estimate of drug-likeness (QED) is 0.453. The van der Waals surface area contributed by atoms with E-state index in [-0.39, 0.29) is 5.69 Å². The number of nitrogens with zero attached hydrogens (tertiary/aromatic N) is 4. The van der Waals surface area contributed by atoms with Crippen LogP contribution in [-0.4, -0.2) is 21.1 Å². The number of nitro groups is 1. The topological polar surface area (TPSA) is 93.3 Å². The minimum absolute atomic E-state index is 0.0441. The van der Waals surface area contributed by atoms with Gasteiger partial charge in [-0.1, -0.05) is 6.07 Å². The Balaban J connectivity index is 1.71. The molecule has 0 fully saturated rings. The van der Waals surface area contributed by atoms with Gasteiger partial charge in [0, 0.05) is 24.5 Å². The van der Waals surface area contributed by atoms with Gasteiger partial charge in [0.05, 0.1) is 27.9 Å². The summed E-state index contributed by atoms with van der Waals surface area (Å²) < 4.78 is 0. The van der Waals surface area contributed by atoms with Crippen molar-refractivity contribution in [1.82, 2.24) is 9.97 Å². The van der Waals surface area contributed by atoms with Crippen LogP contribution in [0.2, 0.25) is 0 Å². The maximum absolute atomic E-state index is 10.6. The molecular weight excluding hydrogens is 282 g/mol. The van der Waals surface area contributed by atoms with Gasteiger partial charge in [0.1, 0.15) is 0 Å². The van der Waals surface area contributed by atoms with Crippen LogP contribution in [0.1, 0.15) is 5.56 Å². The highest BCUT2D eigenvalue weighted by Gasteiger charge is 2.02. The Bertz CT molecular complexity index is 846. The van der Waals surface area contributed by atoms with E-state index in [9.17, 15) is 10.1 Å². The summed E-state index contributed by atoms with van der Waals surface area (Å²) in [6.07, 6.45) is 4.93. The number of non-ortho nitro benzene ring substituents is 1. The lowest BCUT2D eigenvalue weighted by molar-refractivity contribution is -0.384. The van der Waals surface area contributed by atoms with E-state index in [0.717, 1.165) is 16.6 Å². The number of rotatable bonds is 4. The largest absolute Gasteiger partial charge is 0.278 e. The number of anilines is 1. The van der Waals surface area contributed by atoms with Gasteiger partial charge in [-0.2, -0.15) is 5.10 Å². The van der Waals surface area contributed by atoms with Crippen LogP contribution in [0.5, 0.6) is 0 Å². The van der Waals surface area contributed by atoms with Crippen LogP contribution in [-0.2, 0) is 0 Å². The molecule has 22 heavy (non-hydrogen) atoms. The molecule has 0 saturated carbocycles. The predicted octanol–water partition coefficient (Wildman–Crippen LogP) is 2.98. The number of nitrogens with one attached hydrogen (secondary N) is 1.